The first kappa shape index (κ1) is 14.6. The Bertz CT molecular complexity index is 494. The van der Waals surface area contributed by atoms with Gasteiger partial charge in [-0.3, -0.25) is 9.59 Å². The number of rotatable bonds is 4. The van der Waals surface area contributed by atoms with Crippen LogP contribution in [0.15, 0.2) is 16.7 Å². The van der Waals surface area contributed by atoms with Crippen molar-refractivity contribution in [1.82, 2.24) is 4.90 Å². The monoisotopic (exact) mass is 279 g/mol. The summed E-state index contributed by atoms with van der Waals surface area (Å²) in [4.78, 5) is 25.1. The first-order valence-corrected chi connectivity index (χ1v) is 6.99. The van der Waals surface area contributed by atoms with E-state index in [1.165, 1.54) is 0 Å². The third kappa shape index (κ3) is 3.21. The first-order valence-electron chi connectivity index (χ1n) is 6.99. The lowest BCUT2D eigenvalue weighted by Gasteiger charge is -2.29. The number of aliphatic carboxylic acids is 1. The summed E-state index contributed by atoms with van der Waals surface area (Å²) < 4.78 is 5.22. The molecule has 0 radical (unpaired) electrons. The highest BCUT2D eigenvalue weighted by Crippen LogP contribution is 2.30. The second kappa shape index (κ2) is 6.11. The highest BCUT2D eigenvalue weighted by atomic mass is 16.4. The van der Waals surface area contributed by atoms with E-state index >= 15 is 0 Å². The van der Waals surface area contributed by atoms with Crippen molar-refractivity contribution >= 4 is 11.9 Å². The van der Waals surface area contributed by atoms with Crippen LogP contribution in [0, 0.1) is 18.8 Å². The molecule has 5 nitrogen and oxygen atoms in total. The number of carbonyl (C=O) groups excluding carboxylic acids is 1. The van der Waals surface area contributed by atoms with Crippen molar-refractivity contribution in [3.8, 4) is 0 Å². The van der Waals surface area contributed by atoms with Gasteiger partial charge >= 0.3 is 5.97 Å². The second-order valence-corrected chi connectivity index (χ2v) is 5.60. The molecule has 1 heterocycles. The Balaban J connectivity index is 1.96. The Hall–Kier alpha value is -1.78. The number of carbonyl (C=O) groups is 2. The summed E-state index contributed by atoms with van der Waals surface area (Å²) in [5.74, 6) is -0.465. The summed E-state index contributed by atoms with van der Waals surface area (Å²) in [6.45, 7) is 2.38. The predicted octanol–water partition coefficient (Wildman–Crippen LogP) is 2.44. The summed E-state index contributed by atoms with van der Waals surface area (Å²) in [5, 5.41) is 9.08. The van der Waals surface area contributed by atoms with Crippen molar-refractivity contribution < 1.29 is 19.1 Å². The van der Waals surface area contributed by atoms with Crippen molar-refractivity contribution in [3.63, 3.8) is 0 Å². The molecule has 2 atom stereocenters. The summed E-state index contributed by atoms with van der Waals surface area (Å²) in [7, 11) is 1.76. The van der Waals surface area contributed by atoms with Crippen LogP contribution >= 0.6 is 0 Å². The number of aryl methyl sites for hydroxylation is 1. The van der Waals surface area contributed by atoms with Crippen LogP contribution < -0.4 is 0 Å². The van der Waals surface area contributed by atoms with E-state index in [1.807, 2.05) is 13.0 Å². The lowest BCUT2D eigenvalue weighted by molar-refractivity contribution is -0.145. The largest absolute Gasteiger partial charge is 0.481 e. The third-order valence-electron chi connectivity index (χ3n) is 4.12. The van der Waals surface area contributed by atoms with E-state index < -0.39 is 5.97 Å². The van der Waals surface area contributed by atoms with E-state index in [0.29, 0.717) is 19.4 Å². The number of hydrogen-bond acceptors (Lipinski definition) is 3. The third-order valence-corrected chi connectivity index (χ3v) is 4.12. The molecule has 5 heteroatoms. The minimum Gasteiger partial charge on any atom is -0.481 e. The maximum Gasteiger partial charge on any atom is 0.306 e. The zero-order valence-corrected chi connectivity index (χ0v) is 12.0. The molecule has 2 unspecified atom stereocenters. The maximum absolute atomic E-state index is 12.4. The Kier molecular flexibility index (Phi) is 4.47. The highest BCUT2D eigenvalue weighted by molar-refractivity contribution is 5.80. The number of nitrogens with zero attached hydrogens (tertiary/aromatic N) is 1. The molecule has 20 heavy (non-hydrogen) atoms. The fourth-order valence-electron chi connectivity index (χ4n) is 2.86. The van der Waals surface area contributed by atoms with Gasteiger partial charge in [0.2, 0.25) is 5.91 Å². The normalized spacial score (nSPS) is 22.5. The molecule has 0 aliphatic heterocycles. The molecular formula is C15H21NO4. The van der Waals surface area contributed by atoms with Gasteiger partial charge in [-0.2, -0.15) is 0 Å². The molecule has 1 N–H and O–H groups in total. The van der Waals surface area contributed by atoms with Crippen molar-refractivity contribution in [2.24, 2.45) is 11.8 Å². The average Bonchev–Trinajstić information content (AvgIpc) is 2.83. The van der Waals surface area contributed by atoms with Crippen molar-refractivity contribution in [2.75, 3.05) is 7.05 Å². The Morgan fingerprint density at radius 3 is 2.70 bits per heavy atom. The van der Waals surface area contributed by atoms with Gasteiger partial charge in [0.25, 0.3) is 0 Å². The van der Waals surface area contributed by atoms with Crippen LogP contribution in [0.25, 0.3) is 0 Å². The number of carboxylic acids is 1. The Morgan fingerprint density at radius 1 is 1.40 bits per heavy atom. The quantitative estimate of drug-likeness (QED) is 0.919. The van der Waals surface area contributed by atoms with Crippen molar-refractivity contribution in [3.05, 3.63) is 23.7 Å². The summed E-state index contributed by atoms with van der Waals surface area (Å²) >= 11 is 0. The molecule has 110 valence electrons. The van der Waals surface area contributed by atoms with Gasteiger partial charge in [0.1, 0.15) is 5.76 Å². The molecule has 1 saturated carbocycles. The zero-order valence-electron chi connectivity index (χ0n) is 12.0. The van der Waals surface area contributed by atoms with Crippen molar-refractivity contribution in [2.45, 2.75) is 39.2 Å². The van der Waals surface area contributed by atoms with Crippen LogP contribution in [0.4, 0.5) is 0 Å². The van der Waals surface area contributed by atoms with E-state index in [1.54, 1.807) is 18.2 Å². The van der Waals surface area contributed by atoms with E-state index in [2.05, 4.69) is 0 Å². The van der Waals surface area contributed by atoms with Crippen LogP contribution in [0.3, 0.4) is 0 Å². The van der Waals surface area contributed by atoms with E-state index in [-0.39, 0.29) is 17.7 Å². The molecule has 0 bridgehead atoms. The molecule has 1 fully saturated rings. The minimum absolute atomic E-state index is 0.0385. The molecule has 1 amide bonds. The minimum atomic E-state index is -0.782. The zero-order chi connectivity index (χ0) is 14.7. The van der Waals surface area contributed by atoms with Crippen LogP contribution in [-0.4, -0.2) is 28.9 Å². The molecule has 0 spiro atoms. The fourth-order valence-corrected chi connectivity index (χ4v) is 2.86. The lowest BCUT2D eigenvalue weighted by atomic mass is 9.81. The number of hydrogen-bond donors (Lipinski definition) is 1. The fraction of sp³-hybridized carbons (Fsp3) is 0.600. The van der Waals surface area contributed by atoms with Gasteiger partial charge in [-0.25, -0.2) is 0 Å². The summed E-state index contributed by atoms with van der Waals surface area (Å²) in [6, 6.07) is 1.86. The van der Waals surface area contributed by atoms with Gasteiger partial charge in [0.05, 0.1) is 12.2 Å². The standard InChI is InChI=1S/C15H21NO4/c1-10-13(6-7-20-10)9-16(2)14(17)11-4-3-5-12(8-11)15(18)19/h6-7,11-12H,3-5,8-9H2,1-2H3,(H,18,19). The molecule has 0 aromatic carbocycles. The van der Waals surface area contributed by atoms with E-state index in [9.17, 15) is 9.59 Å². The highest BCUT2D eigenvalue weighted by Gasteiger charge is 2.32. The van der Waals surface area contributed by atoms with Gasteiger partial charge in [-0.15, -0.1) is 0 Å². The lowest BCUT2D eigenvalue weighted by Crippen LogP contribution is -2.36. The van der Waals surface area contributed by atoms with Crippen LogP contribution in [0.5, 0.6) is 0 Å². The molecule has 1 aliphatic carbocycles. The van der Waals surface area contributed by atoms with Gasteiger partial charge in [-0.1, -0.05) is 6.42 Å². The number of furan rings is 1. The van der Waals surface area contributed by atoms with E-state index in [4.69, 9.17) is 9.52 Å². The molecule has 1 aliphatic rings. The SMILES string of the molecule is Cc1occc1CN(C)C(=O)C1CCCC(C(=O)O)C1. The van der Waals surface area contributed by atoms with Crippen LogP contribution in [0.1, 0.15) is 37.0 Å². The second-order valence-electron chi connectivity index (χ2n) is 5.60. The van der Waals surface area contributed by atoms with Gasteiger partial charge in [-0.05, 0) is 32.3 Å². The Labute approximate surface area is 118 Å². The van der Waals surface area contributed by atoms with Gasteiger partial charge in [0, 0.05) is 25.1 Å². The molecule has 1 aromatic rings. The Morgan fingerprint density at radius 2 is 2.10 bits per heavy atom. The number of carboxylic acid groups (broad SMARTS) is 1. The smallest absolute Gasteiger partial charge is 0.306 e. The summed E-state index contributed by atoms with van der Waals surface area (Å²) in [5.41, 5.74) is 0.992. The molecular weight excluding hydrogens is 258 g/mol. The maximum atomic E-state index is 12.4. The topological polar surface area (TPSA) is 70.8 Å². The van der Waals surface area contributed by atoms with Gasteiger partial charge in [0.15, 0.2) is 0 Å². The van der Waals surface area contributed by atoms with Crippen LogP contribution in [-0.2, 0) is 16.1 Å². The number of amides is 1. The average molecular weight is 279 g/mol. The van der Waals surface area contributed by atoms with E-state index in [0.717, 1.165) is 24.2 Å². The summed E-state index contributed by atoms with van der Waals surface area (Å²) in [6.07, 6.45) is 4.36. The van der Waals surface area contributed by atoms with Crippen LogP contribution in [0.2, 0.25) is 0 Å². The van der Waals surface area contributed by atoms with Crippen molar-refractivity contribution in [1.29, 1.82) is 0 Å². The van der Waals surface area contributed by atoms with Gasteiger partial charge < -0.3 is 14.4 Å². The molecule has 0 saturated heterocycles. The molecule has 2 rings (SSSR count). The first-order chi connectivity index (χ1) is 9.49. The molecule has 1 aromatic heterocycles. The predicted molar refractivity (Wildman–Crippen MR) is 73.0 cm³/mol.